The van der Waals surface area contributed by atoms with Crippen LogP contribution in [0.3, 0.4) is 0 Å². The van der Waals surface area contributed by atoms with E-state index in [0.29, 0.717) is 12.3 Å². The van der Waals surface area contributed by atoms with E-state index < -0.39 is 0 Å². The Hall–Kier alpha value is -1.77. The van der Waals surface area contributed by atoms with Crippen molar-refractivity contribution < 1.29 is 14.4 Å². The lowest BCUT2D eigenvalue weighted by Gasteiger charge is -2.33. The molecule has 3 nitrogen and oxygen atoms in total. The van der Waals surface area contributed by atoms with Crippen molar-refractivity contribution in [2.75, 3.05) is 0 Å². The number of benzene rings is 1. The molecule has 0 amide bonds. The molecular weight excluding hydrogens is 360 g/mol. The van der Waals surface area contributed by atoms with Crippen LogP contribution in [0, 0.1) is 24.7 Å². The SMILES string of the molecule is CCCC(CC1CC(=O)c2c(C)ccc(C(C)C)c2C1)C(CC)C(=O)CC(C)=O. The standard InChI is InChI=1S/C26H38O3/c1-7-9-20(21(8-2)24(28)12-18(6)27)13-19-14-23-22(16(3)4)11-10-17(5)26(23)25(29)15-19/h10-11,16,19-21H,7-9,12-15H2,1-6H3. The zero-order chi connectivity index (χ0) is 21.7. The smallest absolute Gasteiger partial charge is 0.163 e. The fourth-order valence-corrected chi connectivity index (χ4v) is 5.30. The zero-order valence-corrected chi connectivity index (χ0v) is 19.1. The van der Waals surface area contributed by atoms with E-state index in [0.717, 1.165) is 43.2 Å². The van der Waals surface area contributed by atoms with Crippen molar-refractivity contribution >= 4 is 17.3 Å². The van der Waals surface area contributed by atoms with Crippen LogP contribution < -0.4 is 0 Å². The maximum atomic E-state index is 13.0. The summed E-state index contributed by atoms with van der Waals surface area (Å²) in [6.07, 6.45) is 5.20. The molecule has 3 unspecified atom stereocenters. The number of carbonyl (C=O) groups is 3. The molecule has 0 radical (unpaired) electrons. The summed E-state index contributed by atoms with van der Waals surface area (Å²) in [4.78, 5) is 37.2. The van der Waals surface area contributed by atoms with Crippen molar-refractivity contribution in [1.82, 2.24) is 0 Å². The first kappa shape index (κ1) is 23.5. The molecule has 0 saturated heterocycles. The minimum absolute atomic E-state index is 0.0435. The number of fused-ring (bicyclic) bond motifs is 1. The normalized spacial score (nSPS) is 18.4. The van der Waals surface area contributed by atoms with Gasteiger partial charge in [0.25, 0.3) is 0 Å². The molecule has 0 bridgehead atoms. The molecule has 29 heavy (non-hydrogen) atoms. The molecule has 160 valence electrons. The van der Waals surface area contributed by atoms with Crippen molar-refractivity contribution in [2.45, 2.75) is 92.4 Å². The van der Waals surface area contributed by atoms with Crippen LogP contribution in [0.1, 0.15) is 106 Å². The van der Waals surface area contributed by atoms with Gasteiger partial charge < -0.3 is 0 Å². The molecule has 1 aromatic carbocycles. The summed E-state index contributed by atoms with van der Waals surface area (Å²) in [6, 6.07) is 4.27. The Balaban J connectivity index is 2.28. The minimum Gasteiger partial charge on any atom is -0.300 e. The molecule has 0 N–H and O–H groups in total. The molecule has 3 heteroatoms. The summed E-state index contributed by atoms with van der Waals surface area (Å²) in [5.41, 5.74) is 4.55. The molecule has 1 aliphatic rings. The highest BCUT2D eigenvalue weighted by atomic mass is 16.1. The topological polar surface area (TPSA) is 51.2 Å². The minimum atomic E-state index is -0.0718. The molecule has 2 rings (SSSR count). The third kappa shape index (κ3) is 5.65. The van der Waals surface area contributed by atoms with E-state index in [1.165, 1.54) is 18.1 Å². The summed E-state index contributed by atoms with van der Waals surface area (Å²) >= 11 is 0. The van der Waals surface area contributed by atoms with Crippen molar-refractivity contribution in [3.05, 3.63) is 34.4 Å². The van der Waals surface area contributed by atoms with Gasteiger partial charge in [-0.1, -0.05) is 52.7 Å². The van der Waals surface area contributed by atoms with Crippen molar-refractivity contribution in [3.8, 4) is 0 Å². The maximum Gasteiger partial charge on any atom is 0.163 e. The summed E-state index contributed by atoms with van der Waals surface area (Å²) < 4.78 is 0. The highest BCUT2D eigenvalue weighted by Crippen LogP contribution is 2.38. The van der Waals surface area contributed by atoms with E-state index in [2.05, 4.69) is 32.9 Å². The predicted molar refractivity (Wildman–Crippen MR) is 119 cm³/mol. The van der Waals surface area contributed by atoms with E-state index in [9.17, 15) is 14.4 Å². The molecule has 0 aromatic heterocycles. The van der Waals surface area contributed by atoms with Gasteiger partial charge >= 0.3 is 0 Å². The maximum absolute atomic E-state index is 13.0. The average molecular weight is 399 g/mol. The second-order valence-corrected chi connectivity index (χ2v) is 9.32. The van der Waals surface area contributed by atoms with Gasteiger partial charge in [0, 0.05) is 17.9 Å². The third-order valence-corrected chi connectivity index (χ3v) is 6.57. The highest BCUT2D eigenvalue weighted by molar-refractivity contribution is 6.00. The Bertz CT molecular complexity index is 759. The van der Waals surface area contributed by atoms with Crippen LogP contribution >= 0.6 is 0 Å². The van der Waals surface area contributed by atoms with E-state index >= 15 is 0 Å². The Labute approximate surface area is 176 Å². The Morgan fingerprint density at radius 2 is 1.83 bits per heavy atom. The van der Waals surface area contributed by atoms with Gasteiger partial charge in [-0.15, -0.1) is 0 Å². The van der Waals surface area contributed by atoms with Gasteiger partial charge in [0.1, 0.15) is 11.6 Å². The number of hydrogen-bond donors (Lipinski definition) is 0. The zero-order valence-electron chi connectivity index (χ0n) is 19.1. The van der Waals surface area contributed by atoms with E-state index in [-0.39, 0.29) is 41.5 Å². The van der Waals surface area contributed by atoms with Crippen molar-refractivity contribution in [1.29, 1.82) is 0 Å². The lowest BCUT2D eigenvalue weighted by molar-refractivity contribution is -0.129. The monoisotopic (exact) mass is 398 g/mol. The van der Waals surface area contributed by atoms with Crippen LogP contribution in [0.2, 0.25) is 0 Å². The third-order valence-electron chi connectivity index (χ3n) is 6.57. The lowest BCUT2D eigenvalue weighted by atomic mass is 9.71. The van der Waals surface area contributed by atoms with E-state index in [1.807, 2.05) is 13.8 Å². The molecule has 0 aliphatic heterocycles. The van der Waals surface area contributed by atoms with Crippen LogP contribution in [-0.2, 0) is 16.0 Å². The van der Waals surface area contributed by atoms with Gasteiger partial charge in [0.2, 0.25) is 0 Å². The molecule has 0 fully saturated rings. The predicted octanol–water partition coefficient (Wildman–Crippen LogP) is 6.24. The van der Waals surface area contributed by atoms with E-state index in [4.69, 9.17) is 0 Å². The van der Waals surface area contributed by atoms with Crippen molar-refractivity contribution in [3.63, 3.8) is 0 Å². The first-order chi connectivity index (χ1) is 13.7. The van der Waals surface area contributed by atoms with Gasteiger partial charge in [0.05, 0.1) is 6.42 Å². The van der Waals surface area contributed by atoms with E-state index in [1.54, 1.807) is 0 Å². The molecule has 0 heterocycles. The summed E-state index contributed by atoms with van der Waals surface area (Å²) in [5.74, 6) is 1.14. The van der Waals surface area contributed by atoms with Crippen LogP contribution in [0.25, 0.3) is 0 Å². The van der Waals surface area contributed by atoms with Gasteiger partial charge in [0.15, 0.2) is 5.78 Å². The highest BCUT2D eigenvalue weighted by Gasteiger charge is 2.33. The number of ketones is 3. The fourth-order valence-electron chi connectivity index (χ4n) is 5.30. The quantitative estimate of drug-likeness (QED) is 0.438. The van der Waals surface area contributed by atoms with Gasteiger partial charge in [-0.2, -0.15) is 0 Å². The van der Waals surface area contributed by atoms with Crippen molar-refractivity contribution in [2.24, 2.45) is 17.8 Å². The van der Waals surface area contributed by atoms with Gasteiger partial charge in [-0.05, 0) is 67.6 Å². The Morgan fingerprint density at radius 3 is 2.38 bits per heavy atom. The molecule has 3 atom stereocenters. The largest absolute Gasteiger partial charge is 0.300 e. The molecule has 1 aromatic rings. The number of aryl methyl sites for hydroxylation is 1. The van der Waals surface area contributed by atoms with Crippen LogP contribution in [0.4, 0.5) is 0 Å². The summed E-state index contributed by atoms with van der Waals surface area (Å²) in [6.45, 7) is 12.1. The van der Waals surface area contributed by atoms with Crippen LogP contribution in [0.15, 0.2) is 12.1 Å². The lowest BCUT2D eigenvalue weighted by Crippen LogP contribution is -2.30. The summed E-state index contributed by atoms with van der Waals surface area (Å²) in [5, 5.41) is 0. The number of hydrogen-bond acceptors (Lipinski definition) is 3. The second kappa shape index (κ2) is 10.3. The first-order valence-corrected chi connectivity index (χ1v) is 11.4. The number of rotatable bonds is 10. The Kier molecular flexibility index (Phi) is 8.36. The molecule has 1 aliphatic carbocycles. The molecule has 0 spiro atoms. The number of carbonyl (C=O) groups excluding carboxylic acids is 3. The van der Waals surface area contributed by atoms with Crippen LogP contribution in [-0.4, -0.2) is 17.3 Å². The molecule has 0 saturated carbocycles. The fraction of sp³-hybridized carbons (Fsp3) is 0.654. The average Bonchev–Trinajstić information content (AvgIpc) is 2.61. The summed E-state index contributed by atoms with van der Waals surface area (Å²) in [7, 11) is 0. The Morgan fingerprint density at radius 1 is 1.14 bits per heavy atom. The number of Topliss-reactive ketones (excluding diaryl/α,β-unsaturated/α-hetero) is 3. The van der Waals surface area contributed by atoms with Crippen LogP contribution in [0.5, 0.6) is 0 Å². The van der Waals surface area contributed by atoms with Gasteiger partial charge in [-0.25, -0.2) is 0 Å². The van der Waals surface area contributed by atoms with Gasteiger partial charge in [-0.3, -0.25) is 14.4 Å². The second-order valence-electron chi connectivity index (χ2n) is 9.32. The molecular formula is C26H38O3. The first-order valence-electron chi connectivity index (χ1n) is 11.4.